The Balaban J connectivity index is 3.60. The van der Waals surface area contributed by atoms with Gasteiger partial charge in [0.1, 0.15) is 0 Å². The Morgan fingerprint density at radius 3 is 1.38 bits per heavy atom. The highest BCUT2D eigenvalue weighted by atomic mass is 32.1. The van der Waals surface area contributed by atoms with Crippen LogP contribution in [0, 0.1) is 0 Å². The number of rotatable bonds is 3. The van der Waals surface area contributed by atoms with E-state index in [2.05, 4.69) is 25.6 Å². The van der Waals surface area contributed by atoms with E-state index in [9.17, 15) is 9.59 Å². The molecule has 6 heteroatoms. The molecule has 2 amide bonds. The number of carbonyl (C=O) groups excluding carboxylic acids is 2. The van der Waals surface area contributed by atoms with Crippen molar-refractivity contribution in [1.29, 1.82) is 0 Å². The summed E-state index contributed by atoms with van der Waals surface area (Å²) < 4.78 is 1.38. The highest BCUT2D eigenvalue weighted by Gasteiger charge is 1.98. The summed E-state index contributed by atoms with van der Waals surface area (Å²) in [7, 11) is 0. The minimum absolute atomic E-state index is 0.338. The van der Waals surface area contributed by atoms with Crippen LogP contribution in [0.3, 0.4) is 0 Å². The van der Waals surface area contributed by atoms with Crippen molar-refractivity contribution >= 4 is 38.4 Å². The molecular formula is C2H4N2O2S2. The summed E-state index contributed by atoms with van der Waals surface area (Å²) in [6.07, 6.45) is 0.676. The first-order valence-electron chi connectivity index (χ1n) is 1.59. The lowest BCUT2D eigenvalue weighted by Crippen LogP contribution is -2.24. The zero-order chi connectivity index (χ0) is 6.57. The number of nitrogens with zero attached hydrogens (tertiary/aromatic N) is 2. The summed E-state index contributed by atoms with van der Waals surface area (Å²) >= 11 is 6.98. The Hall–Kier alpha value is -0.360. The van der Waals surface area contributed by atoms with Gasteiger partial charge >= 0.3 is 0 Å². The first-order chi connectivity index (χ1) is 3.72. The molecule has 0 N–H and O–H groups in total. The molecule has 0 aliphatic rings. The largest absolute Gasteiger partial charge is 0.276 e. The maximum atomic E-state index is 9.71. The SMILES string of the molecule is O=CN(S)N(S)C=O. The van der Waals surface area contributed by atoms with Crippen molar-refractivity contribution < 1.29 is 9.59 Å². The minimum Gasteiger partial charge on any atom is -0.276 e. The molecule has 0 saturated heterocycles. The van der Waals surface area contributed by atoms with Gasteiger partial charge in [-0.05, 0) is 25.6 Å². The van der Waals surface area contributed by atoms with E-state index in [1.54, 1.807) is 0 Å². The molecule has 0 spiro atoms. The van der Waals surface area contributed by atoms with Crippen molar-refractivity contribution in [3.8, 4) is 0 Å². The third-order valence-corrected chi connectivity index (χ3v) is 1.11. The fourth-order valence-corrected chi connectivity index (χ4v) is 0.181. The molecule has 0 aromatic carbocycles. The Kier molecular flexibility index (Phi) is 3.46. The second-order valence-corrected chi connectivity index (χ2v) is 1.67. The third-order valence-electron chi connectivity index (χ3n) is 0.399. The predicted molar refractivity (Wildman–Crippen MR) is 33.8 cm³/mol. The highest BCUT2D eigenvalue weighted by molar-refractivity contribution is 7.81. The number of hydrogen-bond acceptors (Lipinski definition) is 4. The number of hydrogen-bond donors (Lipinski definition) is 2. The summed E-state index contributed by atoms with van der Waals surface area (Å²) in [4.78, 5) is 19.4. The van der Waals surface area contributed by atoms with Crippen molar-refractivity contribution in [3.63, 3.8) is 0 Å². The molecule has 0 heterocycles. The van der Waals surface area contributed by atoms with Crippen molar-refractivity contribution in [2.45, 2.75) is 0 Å². The van der Waals surface area contributed by atoms with E-state index >= 15 is 0 Å². The predicted octanol–water partition coefficient (Wildman–Crippen LogP) is -0.492. The van der Waals surface area contributed by atoms with E-state index in [0.717, 1.165) is 0 Å². The third kappa shape index (κ3) is 2.08. The van der Waals surface area contributed by atoms with Crippen LogP contribution in [-0.4, -0.2) is 21.6 Å². The van der Waals surface area contributed by atoms with Gasteiger partial charge in [-0.25, -0.2) is 0 Å². The molecular weight excluding hydrogens is 148 g/mol. The average Bonchev–Trinajstić information content (AvgIpc) is 1.84. The van der Waals surface area contributed by atoms with Crippen molar-refractivity contribution in [2.24, 2.45) is 0 Å². The van der Waals surface area contributed by atoms with E-state index in [0.29, 0.717) is 21.6 Å². The number of hydrazine groups is 1. The molecule has 0 atom stereocenters. The maximum absolute atomic E-state index is 9.71. The molecule has 0 aromatic heterocycles. The first-order valence-corrected chi connectivity index (χ1v) is 2.39. The normalized spacial score (nSPS) is 7.75. The molecule has 0 aromatic rings. The molecule has 0 aliphatic carbocycles. The number of amides is 2. The summed E-state index contributed by atoms with van der Waals surface area (Å²) in [5.74, 6) is 0. The lowest BCUT2D eigenvalue weighted by molar-refractivity contribution is -0.127. The van der Waals surface area contributed by atoms with Crippen LogP contribution in [0.25, 0.3) is 0 Å². The topological polar surface area (TPSA) is 40.6 Å². The van der Waals surface area contributed by atoms with Crippen LogP contribution in [0.2, 0.25) is 0 Å². The highest BCUT2D eigenvalue weighted by Crippen LogP contribution is 1.95. The van der Waals surface area contributed by atoms with Crippen molar-refractivity contribution in [1.82, 2.24) is 8.83 Å². The maximum Gasteiger partial charge on any atom is 0.239 e. The Morgan fingerprint density at radius 1 is 1.00 bits per heavy atom. The second-order valence-electron chi connectivity index (χ2n) is 0.852. The van der Waals surface area contributed by atoms with E-state index in [4.69, 9.17) is 0 Å². The van der Waals surface area contributed by atoms with Crippen LogP contribution >= 0.6 is 25.6 Å². The Morgan fingerprint density at radius 2 is 1.25 bits per heavy atom. The van der Waals surface area contributed by atoms with E-state index < -0.39 is 0 Å². The van der Waals surface area contributed by atoms with Crippen molar-refractivity contribution in [3.05, 3.63) is 0 Å². The van der Waals surface area contributed by atoms with Crippen LogP contribution < -0.4 is 0 Å². The molecule has 0 unspecified atom stereocenters. The van der Waals surface area contributed by atoms with Crippen LogP contribution in [0.5, 0.6) is 0 Å². The van der Waals surface area contributed by atoms with Crippen LogP contribution in [0.15, 0.2) is 0 Å². The lowest BCUT2D eigenvalue weighted by Gasteiger charge is -2.14. The number of carbonyl (C=O) groups is 2. The monoisotopic (exact) mass is 152 g/mol. The van der Waals surface area contributed by atoms with E-state index in [1.165, 1.54) is 0 Å². The van der Waals surface area contributed by atoms with E-state index in [1.807, 2.05) is 0 Å². The minimum atomic E-state index is 0.338. The van der Waals surface area contributed by atoms with Gasteiger partial charge in [-0.1, -0.05) is 0 Å². The van der Waals surface area contributed by atoms with Gasteiger partial charge in [-0.15, -0.1) is 0 Å². The summed E-state index contributed by atoms with van der Waals surface area (Å²) in [6.45, 7) is 0. The molecule has 0 bridgehead atoms. The van der Waals surface area contributed by atoms with Gasteiger partial charge in [0.2, 0.25) is 12.8 Å². The smallest absolute Gasteiger partial charge is 0.239 e. The number of thiol groups is 2. The van der Waals surface area contributed by atoms with Gasteiger partial charge in [0.05, 0.1) is 0 Å². The van der Waals surface area contributed by atoms with Crippen LogP contribution in [-0.2, 0) is 9.59 Å². The van der Waals surface area contributed by atoms with Crippen LogP contribution in [0.1, 0.15) is 0 Å². The first kappa shape index (κ1) is 7.64. The molecule has 46 valence electrons. The van der Waals surface area contributed by atoms with Gasteiger partial charge in [0.15, 0.2) is 0 Å². The average molecular weight is 152 g/mol. The fraction of sp³-hybridized carbons (Fsp3) is 0. The standard InChI is InChI=1S/C2H4N2O2S2/c5-1-3(7)4(8)2-6/h1-2,7-8H. The molecule has 0 radical (unpaired) electrons. The van der Waals surface area contributed by atoms with E-state index in [-0.39, 0.29) is 0 Å². The Bertz CT molecular complexity index is 86.0. The zero-order valence-corrected chi connectivity index (χ0v) is 5.55. The molecule has 8 heavy (non-hydrogen) atoms. The summed E-state index contributed by atoms with van der Waals surface area (Å²) in [6, 6.07) is 0. The zero-order valence-electron chi connectivity index (χ0n) is 3.76. The van der Waals surface area contributed by atoms with Crippen molar-refractivity contribution in [2.75, 3.05) is 0 Å². The second kappa shape index (κ2) is 3.62. The molecule has 0 rings (SSSR count). The summed E-state index contributed by atoms with van der Waals surface area (Å²) in [5, 5.41) is 0. The van der Waals surface area contributed by atoms with Gasteiger partial charge in [0, 0.05) is 0 Å². The fourth-order valence-electron chi connectivity index (χ4n) is 0.0966. The lowest BCUT2D eigenvalue weighted by atomic mass is 11.3. The van der Waals surface area contributed by atoms with Gasteiger partial charge in [-0.2, -0.15) is 8.83 Å². The van der Waals surface area contributed by atoms with Crippen LogP contribution in [0.4, 0.5) is 0 Å². The van der Waals surface area contributed by atoms with Gasteiger partial charge in [0.25, 0.3) is 0 Å². The molecule has 4 nitrogen and oxygen atoms in total. The Labute approximate surface area is 57.5 Å². The molecule has 0 saturated carbocycles. The van der Waals surface area contributed by atoms with Gasteiger partial charge in [-0.3, -0.25) is 9.59 Å². The quantitative estimate of drug-likeness (QED) is 0.325. The summed E-state index contributed by atoms with van der Waals surface area (Å²) in [5.41, 5.74) is 0. The van der Waals surface area contributed by atoms with Gasteiger partial charge < -0.3 is 0 Å². The molecule has 0 aliphatic heterocycles. The molecule has 0 fully saturated rings.